The maximum Gasteiger partial charge on any atom is 0.196 e. The minimum atomic E-state index is -0.255. The van der Waals surface area contributed by atoms with Crippen LogP contribution < -0.4 is 15.0 Å². The zero-order valence-electron chi connectivity index (χ0n) is 32.1. The molecule has 1 aliphatic heterocycles. The third-order valence-corrected chi connectivity index (χ3v) is 11.9. The van der Waals surface area contributed by atoms with Gasteiger partial charge in [-0.15, -0.1) is 0 Å². The van der Waals surface area contributed by atoms with E-state index in [2.05, 4.69) is 221 Å². The van der Waals surface area contributed by atoms with E-state index in [0.717, 1.165) is 45.1 Å². The predicted molar refractivity (Wildman–Crippen MR) is 247 cm³/mol. The molecule has 1 aromatic heterocycles. The molecule has 59 heavy (non-hydrogen) atoms. The van der Waals surface area contributed by atoms with Crippen LogP contribution in [0.4, 0.5) is 22.7 Å². The van der Waals surface area contributed by atoms with E-state index in [0.29, 0.717) is 0 Å². The summed E-state index contributed by atoms with van der Waals surface area (Å²) in [6, 6.07) is 76.5. The summed E-state index contributed by atoms with van der Waals surface area (Å²) < 4.78 is 8.91. The monoisotopic (exact) mass is 755 g/mol. The SMILES string of the molecule is c1ccc(-c2ccc3ccc(N(c4ccc5ccc6ccc7c(c6c5c4)NC(c4ccccc4)O7)c4ccc5c(c4)c4ccccc4n5-c4ccccc4)cc3c2)cc1. The molecule has 2 heterocycles. The minimum absolute atomic E-state index is 0.255. The molecule has 1 unspecified atom stereocenters. The van der Waals surface area contributed by atoms with Crippen LogP contribution in [-0.4, -0.2) is 4.57 Å². The number of nitrogens with zero attached hydrogens (tertiary/aromatic N) is 2. The Morgan fingerprint density at radius 1 is 0.424 bits per heavy atom. The molecule has 12 rings (SSSR count). The first-order valence-electron chi connectivity index (χ1n) is 20.2. The molecule has 0 saturated carbocycles. The van der Waals surface area contributed by atoms with Gasteiger partial charge in [0, 0.05) is 44.5 Å². The Balaban J connectivity index is 1.08. The lowest BCUT2D eigenvalue weighted by atomic mass is 9.98. The van der Waals surface area contributed by atoms with E-state index in [1.807, 2.05) is 6.07 Å². The molecule has 0 bridgehead atoms. The van der Waals surface area contributed by atoms with Crippen molar-refractivity contribution in [3.63, 3.8) is 0 Å². The Bertz CT molecular complexity index is 3390. The maximum atomic E-state index is 6.54. The quantitative estimate of drug-likeness (QED) is 0.171. The molecule has 278 valence electrons. The van der Waals surface area contributed by atoms with Crippen molar-refractivity contribution in [2.24, 2.45) is 0 Å². The fourth-order valence-electron chi connectivity index (χ4n) is 9.15. The van der Waals surface area contributed by atoms with Gasteiger partial charge in [-0.1, -0.05) is 140 Å². The lowest BCUT2D eigenvalue weighted by Crippen LogP contribution is -2.10. The molecular formula is C55H37N3O. The Morgan fingerprint density at radius 3 is 1.86 bits per heavy atom. The van der Waals surface area contributed by atoms with Gasteiger partial charge >= 0.3 is 0 Å². The van der Waals surface area contributed by atoms with Crippen LogP contribution in [0.1, 0.15) is 11.8 Å². The van der Waals surface area contributed by atoms with Gasteiger partial charge in [0.15, 0.2) is 6.23 Å². The zero-order chi connectivity index (χ0) is 38.9. The number of hydrogen-bond acceptors (Lipinski definition) is 3. The van der Waals surface area contributed by atoms with Crippen molar-refractivity contribution in [3.05, 3.63) is 218 Å². The van der Waals surface area contributed by atoms with Gasteiger partial charge in [-0.3, -0.25) is 0 Å². The number of hydrogen-bond donors (Lipinski definition) is 1. The number of benzene rings is 10. The van der Waals surface area contributed by atoms with E-state index >= 15 is 0 Å². The molecule has 10 aromatic carbocycles. The molecule has 1 N–H and O–H groups in total. The van der Waals surface area contributed by atoms with Crippen LogP contribution in [0.5, 0.6) is 5.75 Å². The van der Waals surface area contributed by atoms with Crippen molar-refractivity contribution in [3.8, 4) is 22.6 Å². The molecule has 0 amide bonds. The van der Waals surface area contributed by atoms with Gasteiger partial charge < -0.3 is 19.5 Å². The van der Waals surface area contributed by atoms with Gasteiger partial charge in [0.25, 0.3) is 0 Å². The Kier molecular flexibility index (Phi) is 7.57. The standard InChI is InChI=1S/C55H37N3O/c1-4-12-36(13-5-1)41-23-20-37-24-27-44(33-42(37)32-41)57(46-29-30-51-49(35-46)47-18-10-11-19-50(47)58(51)43-16-8-3-9-17-43)45-28-25-38-21-22-39-26-31-52-54(53(39)48(38)34-45)56-55(59-52)40-14-6-2-7-15-40/h1-35,55-56H. The van der Waals surface area contributed by atoms with Crippen molar-refractivity contribution < 1.29 is 4.74 Å². The molecule has 0 radical (unpaired) electrons. The number of nitrogens with one attached hydrogen (secondary N) is 1. The van der Waals surface area contributed by atoms with E-state index in [4.69, 9.17) is 4.74 Å². The Labute approximate surface area is 341 Å². The Morgan fingerprint density at radius 2 is 1.03 bits per heavy atom. The minimum Gasteiger partial charge on any atom is -0.464 e. The van der Waals surface area contributed by atoms with Crippen LogP contribution in [0.2, 0.25) is 0 Å². The average Bonchev–Trinajstić information content (AvgIpc) is 3.89. The largest absolute Gasteiger partial charge is 0.464 e. The number of fused-ring (bicyclic) bond motifs is 9. The number of rotatable bonds is 6. The maximum absolute atomic E-state index is 6.54. The molecule has 1 atom stereocenters. The second-order valence-corrected chi connectivity index (χ2v) is 15.4. The first-order valence-corrected chi connectivity index (χ1v) is 20.2. The van der Waals surface area contributed by atoms with E-state index in [-0.39, 0.29) is 6.23 Å². The zero-order valence-corrected chi connectivity index (χ0v) is 32.1. The number of anilines is 4. The van der Waals surface area contributed by atoms with Crippen molar-refractivity contribution in [1.82, 2.24) is 4.57 Å². The van der Waals surface area contributed by atoms with Gasteiger partial charge in [0.2, 0.25) is 0 Å². The van der Waals surface area contributed by atoms with Crippen molar-refractivity contribution >= 4 is 76.9 Å². The lowest BCUT2D eigenvalue weighted by molar-refractivity contribution is 0.260. The lowest BCUT2D eigenvalue weighted by Gasteiger charge is -2.27. The smallest absolute Gasteiger partial charge is 0.196 e. The van der Waals surface area contributed by atoms with E-state index < -0.39 is 0 Å². The van der Waals surface area contributed by atoms with Crippen molar-refractivity contribution in [2.45, 2.75) is 6.23 Å². The average molecular weight is 756 g/mol. The number of para-hydroxylation sites is 2. The highest BCUT2D eigenvalue weighted by atomic mass is 16.5. The highest BCUT2D eigenvalue weighted by molar-refractivity contribution is 6.16. The first-order chi connectivity index (χ1) is 29.2. The molecule has 0 aliphatic carbocycles. The summed E-state index contributed by atoms with van der Waals surface area (Å²) in [6.07, 6.45) is -0.255. The summed E-state index contributed by atoms with van der Waals surface area (Å²) >= 11 is 0. The molecule has 0 fully saturated rings. The molecule has 4 heteroatoms. The Hall–Kier alpha value is -7.82. The van der Waals surface area contributed by atoms with Crippen LogP contribution in [-0.2, 0) is 0 Å². The molecule has 11 aromatic rings. The highest BCUT2D eigenvalue weighted by Crippen LogP contribution is 2.47. The summed E-state index contributed by atoms with van der Waals surface area (Å²) in [5.74, 6) is 0.866. The summed E-state index contributed by atoms with van der Waals surface area (Å²) in [7, 11) is 0. The summed E-state index contributed by atoms with van der Waals surface area (Å²) in [5, 5.41) is 13.2. The van der Waals surface area contributed by atoms with E-state index in [1.54, 1.807) is 0 Å². The van der Waals surface area contributed by atoms with Gasteiger partial charge in [0.1, 0.15) is 5.75 Å². The first kappa shape index (κ1) is 33.3. The summed E-state index contributed by atoms with van der Waals surface area (Å²) in [5.41, 5.74) is 11.3. The molecule has 0 spiro atoms. The van der Waals surface area contributed by atoms with Crippen molar-refractivity contribution in [1.29, 1.82) is 0 Å². The molecular weight excluding hydrogens is 719 g/mol. The van der Waals surface area contributed by atoms with Gasteiger partial charge in [-0.25, -0.2) is 0 Å². The van der Waals surface area contributed by atoms with Crippen molar-refractivity contribution in [2.75, 3.05) is 10.2 Å². The van der Waals surface area contributed by atoms with Crippen LogP contribution in [0, 0.1) is 0 Å². The van der Waals surface area contributed by atoms with Crippen LogP contribution >= 0.6 is 0 Å². The normalized spacial score (nSPS) is 13.5. The third-order valence-electron chi connectivity index (χ3n) is 11.9. The van der Waals surface area contributed by atoms with Gasteiger partial charge in [0.05, 0.1) is 16.7 Å². The van der Waals surface area contributed by atoms with Crippen LogP contribution in [0.3, 0.4) is 0 Å². The molecule has 0 saturated heterocycles. The summed E-state index contributed by atoms with van der Waals surface area (Å²) in [4.78, 5) is 2.42. The predicted octanol–water partition coefficient (Wildman–Crippen LogP) is 14.9. The second-order valence-electron chi connectivity index (χ2n) is 15.4. The molecule has 4 nitrogen and oxygen atoms in total. The topological polar surface area (TPSA) is 29.4 Å². The fraction of sp³-hybridized carbons (Fsp3) is 0.0182. The van der Waals surface area contributed by atoms with Gasteiger partial charge in [-0.2, -0.15) is 0 Å². The van der Waals surface area contributed by atoms with Crippen LogP contribution in [0.15, 0.2) is 212 Å². The molecule has 1 aliphatic rings. The second kappa shape index (κ2) is 13.4. The van der Waals surface area contributed by atoms with E-state index in [9.17, 15) is 0 Å². The fourth-order valence-corrected chi connectivity index (χ4v) is 9.15. The van der Waals surface area contributed by atoms with Crippen LogP contribution in [0.25, 0.3) is 70.9 Å². The van der Waals surface area contributed by atoms with Gasteiger partial charge in [-0.05, 0) is 111 Å². The number of ether oxygens (including phenoxy) is 1. The summed E-state index contributed by atoms with van der Waals surface area (Å²) in [6.45, 7) is 0. The number of aromatic nitrogens is 1. The highest BCUT2D eigenvalue weighted by Gasteiger charge is 2.26. The van der Waals surface area contributed by atoms with E-state index in [1.165, 1.54) is 59.9 Å². The third kappa shape index (κ3) is 5.53.